The van der Waals surface area contributed by atoms with E-state index in [9.17, 15) is 4.79 Å². The van der Waals surface area contributed by atoms with E-state index in [2.05, 4.69) is 20.6 Å². The fourth-order valence-corrected chi connectivity index (χ4v) is 1.60. The minimum absolute atomic E-state index is 0.183. The Morgan fingerprint density at radius 1 is 1.22 bits per heavy atom. The zero-order chi connectivity index (χ0) is 13.0. The van der Waals surface area contributed by atoms with Gasteiger partial charge in [-0.3, -0.25) is 14.8 Å². The van der Waals surface area contributed by atoms with Gasteiger partial charge in [0.15, 0.2) is 0 Å². The van der Waals surface area contributed by atoms with Crippen LogP contribution in [0.25, 0.3) is 0 Å². The van der Waals surface area contributed by atoms with Gasteiger partial charge in [0.1, 0.15) is 0 Å². The molecule has 0 atom stereocenters. The predicted molar refractivity (Wildman–Crippen MR) is 70.7 cm³/mol. The van der Waals surface area contributed by atoms with Gasteiger partial charge in [0.25, 0.3) is 5.91 Å². The van der Waals surface area contributed by atoms with E-state index >= 15 is 0 Å². The van der Waals surface area contributed by atoms with Crippen LogP contribution in [0.15, 0.2) is 36.8 Å². The summed E-state index contributed by atoms with van der Waals surface area (Å²) in [6.45, 7) is 1.85. The molecule has 1 amide bonds. The topological polar surface area (TPSA) is 66.9 Å². The minimum atomic E-state index is -0.183. The summed E-state index contributed by atoms with van der Waals surface area (Å²) in [6.07, 6.45) is 4.90. The highest BCUT2D eigenvalue weighted by Gasteiger charge is 2.11. The number of nitrogens with one attached hydrogen (secondary N) is 2. The van der Waals surface area contributed by atoms with E-state index in [1.165, 1.54) is 0 Å². The lowest BCUT2D eigenvalue weighted by molar-refractivity contribution is 0.102. The normalized spacial score (nSPS) is 9.89. The van der Waals surface area contributed by atoms with E-state index in [-0.39, 0.29) is 5.91 Å². The van der Waals surface area contributed by atoms with Gasteiger partial charge < -0.3 is 10.6 Å². The molecule has 0 aromatic carbocycles. The highest BCUT2D eigenvalue weighted by molar-refractivity contribution is 6.08. The number of aromatic nitrogens is 2. The molecule has 92 valence electrons. The van der Waals surface area contributed by atoms with E-state index in [0.717, 1.165) is 5.69 Å². The molecule has 0 spiro atoms. The number of hydrogen-bond donors (Lipinski definition) is 2. The van der Waals surface area contributed by atoms with Gasteiger partial charge in [0, 0.05) is 19.4 Å². The molecule has 2 rings (SSSR count). The van der Waals surface area contributed by atoms with Crippen molar-refractivity contribution >= 4 is 17.3 Å². The van der Waals surface area contributed by atoms with Gasteiger partial charge in [0.05, 0.1) is 28.8 Å². The fraction of sp³-hybridized carbons (Fsp3) is 0.154. The lowest BCUT2D eigenvalue weighted by Crippen LogP contribution is -2.15. The SMILES string of the molecule is CNc1cnccc1C(=O)Nc1cccnc1C. The van der Waals surface area contributed by atoms with Crippen LogP contribution in [0.5, 0.6) is 0 Å². The number of carbonyl (C=O) groups is 1. The third-order valence-corrected chi connectivity index (χ3v) is 2.59. The Labute approximate surface area is 105 Å². The second-order valence-corrected chi connectivity index (χ2v) is 3.76. The summed E-state index contributed by atoms with van der Waals surface area (Å²) in [4.78, 5) is 20.2. The highest BCUT2D eigenvalue weighted by atomic mass is 16.1. The summed E-state index contributed by atoms with van der Waals surface area (Å²) in [7, 11) is 1.75. The zero-order valence-corrected chi connectivity index (χ0v) is 10.3. The summed E-state index contributed by atoms with van der Waals surface area (Å²) in [5.74, 6) is -0.183. The van der Waals surface area contributed by atoms with Gasteiger partial charge in [-0.25, -0.2) is 0 Å². The molecular formula is C13H14N4O. The Bertz CT molecular complexity index is 568. The van der Waals surface area contributed by atoms with E-state index in [0.29, 0.717) is 16.9 Å². The maximum Gasteiger partial charge on any atom is 0.257 e. The summed E-state index contributed by atoms with van der Waals surface area (Å²) < 4.78 is 0. The quantitative estimate of drug-likeness (QED) is 0.864. The van der Waals surface area contributed by atoms with Gasteiger partial charge in [0.2, 0.25) is 0 Å². The number of hydrogen-bond acceptors (Lipinski definition) is 4. The lowest BCUT2D eigenvalue weighted by Gasteiger charge is -2.10. The number of anilines is 2. The van der Waals surface area contributed by atoms with E-state index < -0.39 is 0 Å². The van der Waals surface area contributed by atoms with Gasteiger partial charge in [-0.2, -0.15) is 0 Å². The smallest absolute Gasteiger partial charge is 0.257 e. The Balaban J connectivity index is 2.25. The van der Waals surface area contributed by atoms with Gasteiger partial charge in [-0.05, 0) is 25.1 Å². The second-order valence-electron chi connectivity index (χ2n) is 3.76. The standard InChI is InChI=1S/C13H14N4O/c1-9-11(4-3-6-16-9)17-13(18)10-5-7-15-8-12(10)14-2/h3-8,14H,1-2H3,(H,17,18). The van der Waals surface area contributed by atoms with Crippen LogP contribution in [0.4, 0.5) is 11.4 Å². The number of nitrogens with zero attached hydrogens (tertiary/aromatic N) is 2. The molecule has 0 bridgehead atoms. The average Bonchev–Trinajstić information content (AvgIpc) is 2.41. The van der Waals surface area contributed by atoms with Crippen molar-refractivity contribution in [3.63, 3.8) is 0 Å². The van der Waals surface area contributed by atoms with Crippen molar-refractivity contribution in [2.24, 2.45) is 0 Å². The molecule has 0 aliphatic heterocycles. The van der Waals surface area contributed by atoms with Gasteiger partial charge >= 0.3 is 0 Å². The third-order valence-electron chi connectivity index (χ3n) is 2.59. The maximum atomic E-state index is 12.1. The van der Waals surface area contributed by atoms with Crippen LogP contribution in [-0.2, 0) is 0 Å². The maximum absolute atomic E-state index is 12.1. The zero-order valence-electron chi connectivity index (χ0n) is 10.3. The molecule has 0 radical (unpaired) electrons. The van der Waals surface area contributed by atoms with Gasteiger partial charge in [-0.15, -0.1) is 0 Å². The fourth-order valence-electron chi connectivity index (χ4n) is 1.60. The first-order chi connectivity index (χ1) is 8.72. The van der Waals surface area contributed by atoms with Crippen LogP contribution in [-0.4, -0.2) is 22.9 Å². The molecule has 18 heavy (non-hydrogen) atoms. The predicted octanol–water partition coefficient (Wildman–Crippen LogP) is 2.08. The first-order valence-electron chi connectivity index (χ1n) is 5.57. The summed E-state index contributed by atoms with van der Waals surface area (Å²) in [6, 6.07) is 5.28. The van der Waals surface area contributed by atoms with Crippen LogP contribution < -0.4 is 10.6 Å². The first-order valence-corrected chi connectivity index (χ1v) is 5.57. The molecule has 5 heteroatoms. The molecule has 2 aromatic rings. The van der Waals surface area contributed by atoms with Crippen molar-refractivity contribution in [3.8, 4) is 0 Å². The van der Waals surface area contributed by atoms with Crippen molar-refractivity contribution in [3.05, 3.63) is 48.0 Å². The molecule has 0 unspecified atom stereocenters. The molecule has 2 heterocycles. The Hall–Kier alpha value is -2.43. The Morgan fingerprint density at radius 3 is 2.78 bits per heavy atom. The van der Waals surface area contributed by atoms with Gasteiger partial charge in [-0.1, -0.05) is 0 Å². The van der Waals surface area contributed by atoms with Crippen LogP contribution in [0, 0.1) is 6.92 Å². The molecule has 0 fully saturated rings. The number of carbonyl (C=O) groups excluding carboxylic acids is 1. The molecule has 0 saturated carbocycles. The average molecular weight is 242 g/mol. The summed E-state index contributed by atoms with van der Waals surface area (Å²) in [5, 5.41) is 5.77. The number of rotatable bonds is 3. The Morgan fingerprint density at radius 2 is 2.06 bits per heavy atom. The van der Waals surface area contributed by atoms with Crippen molar-refractivity contribution in [2.75, 3.05) is 17.7 Å². The van der Waals surface area contributed by atoms with E-state index in [1.807, 2.05) is 13.0 Å². The molecule has 2 aromatic heterocycles. The second kappa shape index (κ2) is 5.27. The lowest BCUT2D eigenvalue weighted by atomic mass is 10.2. The molecule has 0 aliphatic carbocycles. The van der Waals surface area contributed by atoms with E-state index in [1.54, 1.807) is 37.8 Å². The van der Waals surface area contributed by atoms with Crippen LogP contribution in [0.1, 0.15) is 16.1 Å². The summed E-state index contributed by atoms with van der Waals surface area (Å²) in [5.41, 5.74) is 2.74. The first kappa shape index (κ1) is 12.0. The van der Waals surface area contributed by atoms with Crippen LogP contribution in [0.2, 0.25) is 0 Å². The number of aryl methyl sites for hydroxylation is 1. The van der Waals surface area contributed by atoms with Crippen molar-refractivity contribution in [1.82, 2.24) is 9.97 Å². The van der Waals surface area contributed by atoms with Crippen LogP contribution in [0.3, 0.4) is 0 Å². The Kier molecular flexibility index (Phi) is 3.52. The van der Waals surface area contributed by atoms with Crippen molar-refractivity contribution < 1.29 is 4.79 Å². The summed E-state index contributed by atoms with van der Waals surface area (Å²) >= 11 is 0. The number of pyridine rings is 2. The third kappa shape index (κ3) is 2.45. The molecular weight excluding hydrogens is 228 g/mol. The van der Waals surface area contributed by atoms with E-state index in [4.69, 9.17) is 0 Å². The molecule has 0 saturated heterocycles. The van der Waals surface area contributed by atoms with Crippen LogP contribution >= 0.6 is 0 Å². The monoisotopic (exact) mass is 242 g/mol. The highest BCUT2D eigenvalue weighted by Crippen LogP contribution is 2.16. The molecule has 0 aliphatic rings. The molecule has 2 N–H and O–H groups in total. The minimum Gasteiger partial charge on any atom is -0.386 e. The largest absolute Gasteiger partial charge is 0.386 e. The van der Waals surface area contributed by atoms with Crippen molar-refractivity contribution in [1.29, 1.82) is 0 Å². The molecule has 5 nitrogen and oxygen atoms in total. The van der Waals surface area contributed by atoms with Crippen molar-refractivity contribution in [2.45, 2.75) is 6.92 Å². The number of amides is 1.